The van der Waals surface area contributed by atoms with Crippen molar-refractivity contribution in [1.82, 2.24) is 0 Å². The lowest BCUT2D eigenvalue weighted by atomic mass is 9.68. The van der Waals surface area contributed by atoms with Gasteiger partial charge in [0.1, 0.15) is 0 Å². The summed E-state index contributed by atoms with van der Waals surface area (Å²) in [5, 5.41) is 9.29. The van der Waals surface area contributed by atoms with E-state index in [2.05, 4.69) is 20.8 Å². The highest BCUT2D eigenvalue weighted by Gasteiger charge is 2.53. The average molecular weight is 212 g/mol. The molecule has 15 heavy (non-hydrogen) atoms. The molecule has 1 aliphatic carbocycles. The number of rotatable bonds is 1. The van der Waals surface area contributed by atoms with Gasteiger partial charge >= 0.3 is 0 Å². The molecule has 0 radical (unpaired) electrons. The smallest absolute Gasteiger partial charge is 0.177 e. The molecule has 1 heterocycles. The summed E-state index contributed by atoms with van der Waals surface area (Å²) in [6.07, 6.45) is 1.74. The molecular weight excluding hydrogens is 192 g/mol. The third-order valence-corrected chi connectivity index (χ3v) is 4.12. The number of hydrogen-bond donors (Lipinski definition) is 1. The summed E-state index contributed by atoms with van der Waals surface area (Å²) >= 11 is 0. The van der Waals surface area contributed by atoms with Gasteiger partial charge in [-0.15, -0.1) is 0 Å². The first-order valence-corrected chi connectivity index (χ1v) is 5.61. The normalized spacial score (nSPS) is 28.8. The van der Waals surface area contributed by atoms with Gasteiger partial charge in [0, 0.05) is 11.8 Å². The van der Waals surface area contributed by atoms with Gasteiger partial charge in [-0.3, -0.25) is 0 Å². The van der Waals surface area contributed by atoms with E-state index in [1.165, 1.54) is 5.57 Å². The van der Waals surface area contributed by atoms with E-state index >= 15 is 0 Å². The Morgan fingerprint density at radius 2 is 1.87 bits per heavy atom. The van der Waals surface area contributed by atoms with Gasteiger partial charge in [-0.2, -0.15) is 0 Å². The van der Waals surface area contributed by atoms with E-state index in [0.717, 1.165) is 18.4 Å². The molecule has 0 aromatic heterocycles. The zero-order chi connectivity index (χ0) is 11.1. The van der Waals surface area contributed by atoms with Crippen molar-refractivity contribution >= 4 is 0 Å². The minimum absolute atomic E-state index is 0.139. The third kappa shape index (κ3) is 1.45. The second-order valence-corrected chi connectivity index (χ2v) is 4.96. The van der Waals surface area contributed by atoms with Crippen molar-refractivity contribution in [1.29, 1.82) is 0 Å². The van der Waals surface area contributed by atoms with Crippen LogP contribution >= 0.6 is 0 Å². The molecule has 1 spiro atoms. The van der Waals surface area contributed by atoms with Gasteiger partial charge < -0.3 is 14.6 Å². The first-order valence-electron chi connectivity index (χ1n) is 5.61. The van der Waals surface area contributed by atoms with Crippen molar-refractivity contribution in [3.8, 4) is 0 Å². The van der Waals surface area contributed by atoms with Crippen LogP contribution in [-0.4, -0.2) is 30.7 Å². The summed E-state index contributed by atoms with van der Waals surface area (Å²) in [5.74, 6) is -0.449. The van der Waals surface area contributed by atoms with Gasteiger partial charge in [-0.25, -0.2) is 0 Å². The molecule has 0 unspecified atom stereocenters. The number of ether oxygens (including phenoxy) is 2. The molecule has 2 aliphatic rings. The molecule has 3 nitrogen and oxygen atoms in total. The van der Waals surface area contributed by atoms with Crippen LogP contribution in [0.15, 0.2) is 11.1 Å². The summed E-state index contributed by atoms with van der Waals surface area (Å²) in [6, 6.07) is 0. The Morgan fingerprint density at radius 3 is 2.40 bits per heavy atom. The fourth-order valence-corrected chi connectivity index (χ4v) is 2.70. The molecule has 3 heteroatoms. The van der Waals surface area contributed by atoms with E-state index in [0.29, 0.717) is 13.2 Å². The number of hydrogen-bond acceptors (Lipinski definition) is 3. The Kier molecular flexibility index (Phi) is 2.65. The lowest BCUT2D eigenvalue weighted by Crippen LogP contribution is -2.49. The topological polar surface area (TPSA) is 38.7 Å². The molecule has 0 amide bonds. The van der Waals surface area contributed by atoms with Crippen molar-refractivity contribution < 1.29 is 14.6 Å². The predicted octanol–water partition coefficient (Wildman–Crippen LogP) is 1.86. The second kappa shape index (κ2) is 3.58. The van der Waals surface area contributed by atoms with Crippen LogP contribution < -0.4 is 0 Å². The second-order valence-electron chi connectivity index (χ2n) is 4.96. The van der Waals surface area contributed by atoms with Crippen LogP contribution in [0.4, 0.5) is 0 Å². The largest absolute Gasteiger partial charge is 0.392 e. The van der Waals surface area contributed by atoms with E-state index in [1.807, 2.05) is 0 Å². The Bertz CT molecular complexity index is 285. The van der Waals surface area contributed by atoms with Crippen molar-refractivity contribution in [2.45, 2.75) is 39.4 Å². The molecular formula is C12H20O3. The molecule has 1 N–H and O–H groups in total. The van der Waals surface area contributed by atoms with Crippen LogP contribution in [0.3, 0.4) is 0 Å². The van der Waals surface area contributed by atoms with E-state index in [-0.39, 0.29) is 12.0 Å². The van der Waals surface area contributed by atoms with Gasteiger partial charge in [0.15, 0.2) is 5.79 Å². The first-order chi connectivity index (χ1) is 7.03. The number of aliphatic hydroxyl groups excluding tert-OH is 1. The van der Waals surface area contributed by atoms with Gasteiger partial charge in [-0.1, -0.05) is 19.4 Å². The quantitative estimate of drug-likeness (QED) is 0.674. The summed E-state index contributed by atoms with van der Waals surface area (Å²) in [4.78, 5) is 0. The maximum absolute atomic E-state index is 9.29. The minimum atomic E-state index is -0.449. The minimum Gasteiger partial charge on any atom is -0.392 e. The highest BCUT2D eigenvalue weighted by molar-refractivity contribution is 5.27. The van der Waals surface area contributed by atoms with Crippen LogP contribution in [0, 0.1) is 5.41 Å². The highest BCUT2D eigenvalue weighted by atomic mass is 16.7. The van der Waals surface area contributed by atoms with Crippen molar-refractivity contribution in [3.63, 3.8) is 0 Å². The van der Waals surface area contributed by atoms with Crippen LogP contribution in [0.2, 0.25) is 0 Å². The first kappa shape index (κ1) is 11.1. The fraction of sp³-hybridized carbons (Fsp3) is 0.833. The van der Waals surface area contributed by atoms with Gasteiger partial charge in [-0.05, 0) is 18.9 Å². The molecule has 0 aromatic rings. The Labute approximate surface area is 91.1 Å². The lowest BCUT2D eigenvalue weighted by molar-refractivity contribution is -0.224. The Morgan fingerprint density at radius 1 is 1.27 bits per heavy atom. The molecule has 1 saturated heterocycles. The maximum Gasteiger partial charge on any atom is 0.177 e. The standard InChI is InChI=1S/C12H20O3/c1-9-10(8-13)4-5-12(11(9,2)3)14-6-7-15-12/h13H,4-8H2,1-3H3. The molecule has 86 valence electrons. The SMILES string of the molecule is CC1=C(CO)CCC2(OCCO2)C1(C)C. The molecule has 1 fully saturated rings. The Hall–Kier alpha value is -0.380. The zero-order valence-electron chi connectivity index (χ0n) is 9.80. The van der Waals surface area contributed by atoms with Crippen molar-refractivity contribution in [2.75, 3.05) is 19.8 Å². The Balaban J connectivity index is 2.37. The highest BCUT2D eigenvalue weighted by Crippen LogP contribution is 2.51. The monoisotopic (exact) mass is 212 g/mol. The summed E-state index contributed by atoms with van der Waals surface area (Å²) in [7, 11) is 0. The molecule has 0 atom stereocenters. The molecule has 1 aliphatic heterocycles. The molecule has 0 saturated carbocycles. The zero-order valence-corrected chi connectivity index (χ0v) is 9.80. The molecule has 0 bridgehead atoms. The van der Waals surface area contributed by atoms with Gasteiger partial charge in [0.25, 0.3) is 0 Å². The summed E-state index contributed by atoms with van der Waals surface area (Å²) in [6.45, 7) is 7.89. The van der Waals surface area contributed by atoms with Crippen molar-refractivity contribution in [2.24, 2.45) is 5.41 Å². The van der Waals surface area contributed by atoms with Crippen LogP contribution in [0.1, 0.15) is 33.6 Å². The van der Waals surface area contributed by atoms with E-state index in [9.17, 15) is 5.11 Å². The molecule has 2 rings (SSSR count). The number of aliphatic hydroxyl groups is 1. The van der Waals surface area contributed by atoms with Crippen LogP contribution in [0.25, 0.3) is 0 Å². The molecule has 0 aromatic carbocycles. The van der Waals surface area contributed by atoms with Crippen LogP contribution in [-0.2, 0) is 9.47 Å². The third-order valence-electron chi connectivity index (χ3n) is 4.12. The maximum atomic E-state index is 9.29. The predicted molar refractivity (Wildman–Crippen MR) is 57.4 cm³/mol. The summed E-state index contributed by atoms with van der Waals surface area (Å²) < 4.78 is 11.6. The van der Waals surface area contributed by atoms with E-state index in [4.69, 9.17) is 9.47 Å². The summed E-state index contributed by atoms with van der Waals surface area (Å²) in [5.41, 5.74) is 2.22. The van der Waals surface area contributed by atoms with Crippen molar-refractivity contribution in [3.05, 3.63) is 11.1 Å². The van der Waals surface area contributed by atoms with E-state index < -0.39 is 5.79 Å². The van der Waals surface area contributed by atoms with Gasteiger partial charge in [0.05, 0.1) is 19.8 Å². The van der Waals surface area contributed by atoms with E-state index in [1.54, 1.807) is 0 Å². The lowest BCUT2D eigenvalue weighted by Gasteiger charge is -2.47. The average Bonchev–Trinajstić information content (AvgIpc) is 2.66. The van der Waals surface area contributed by atoms with Gasteiger partial charge in [0.2, 0.25) is 0 Å². The van der Waals surface area contributed by atoms with Crippen LogP contribution in [0.5, 0.6) is 0 Å². The fourth-order valence-electron chi connectivity index (χ4n) is 2.70.